The van der Waals surface area contributed by atoms with Gasteiger partial charge in [-0.1, -0.05) is 37.6 Å². The Morgan fingerprint density at radius 1 is 0.980 bits per heavy atom. The van der Waals surface area contributed by atoms with Crippen LogP contribution in [0.5, 0.6) is 0 Å². The van der Waals surface area contributed by atoms with Gasteiger partial charge in [0.15, 0.2) is 0 Å². The van der Waals surface area contributed by atoms with Gasteiger partial charge in [0, 0.05) is 31.3 Å². The molecular weight excluding hydrogens is 665 g/mol. The van der Waals surface area contributed by atoms with Crippen molar-refractivity contribution in [1.82, 2.24) is 9.80 Å². The summed E-state index contributed by atoms with van der Waals surface area (Å²) in [7, 11) is 1.49. The topological polar surface area (TPSA) is 49.9 Å². The van der Waals surface area contributed by atoms with Crippen molar-refractivity contribution in [1.29, 1.82) is 0 Å². The van der Waals surface area contributed by atoms with Gasteiger partial charge in [0.2, 0.25) is 0 Å². The van der Waals surface area contributed by atoms with Gasteiger partial charge in [0.1, 0.15) is 11.9 Å². The Morgan fingerprint density at radius 3 is 2.32 bits per heavy atom. The van der Waals surface area contributed by atoms with Crippen molar-refractivity contribution in [2.75, 3.05) is 20.1 Å². The van der Waals surface area contributed by atoms with Crippen molar-refractivity contribution in [3.63, 3.8) is 0 Å². The Balaban J connectivity index is 1.55. The SMILES string of the molecule is CCN(C)C(=O)c1ccc(-c2ccc(F)c(C3=C(CN4C(=O)O[C@H](c5cc(C)cc(C(F)(F)F)c5)[C@@H]4C)CC(C)(C)CC3)c2)c(C(F)(F)F)c1. The summed E-state index contributed by atoms with van der Waals surface area (Å²) in [6.45, 7) is 9.23. The summed E-state index contributed by atoms with van der Waals surface area (Å²) >= 11 is 0. The molecule has 0 aromatic heterocycles. The second-order valence-corrected chi connectivity index (χ2v) is 14.0. The highest BCUT2D eigenvalue weighted by Crippen LogP contribution is 2.46. The number of carbonyl (C=O) groups excluding carboxylic acids is 2. The minimum Gasteiger partial charge on any atom is -0.439 e. The van der Waals surface area contributed by atoms with E-state index in [1.807, 2.05) is 13.8 Å². The standard InChI is InChI=1S/C38H39F7N2O3/c1-7-46(6)34(48)24-8-10-29(31(18-24)38(43,44)45)23-9-11-32(39)30(17-23)28-12-13-36(4,5)19-26(28)20-47-22(3)33(50-35(47)49)25-14-21(2)15-27(16-25)37(40,41)42/h8-11,14-18,22,33H,7,12-13,19-20H2,1-6H3/t22-,33-/m0/s1. The normalized spacial score (nSPS) is 19.5. The van der Waals surface area contributed by atoms with E-state index >= 15 is 4.39 Å². The smallest absolute Gasteiger partial charge is 0.417 e. The molecule has 3 aromatic rings. The van der Waals surface area contributed by atoms with E-state index in [0.29, 0.717) is 42.5 Å². The number of cyclic esters (lactones) is 1. The predicted molar refractivity (Wildman–Crippen MR) is 176 cm³/mol. The third-order valence-electron chi connectivity index (χ3n) is 9.67. The summed E-state index contributed by atoms with van der Waals surface area (Å²) in [5, 5.41) is 0. The molecule has 1 saturated heterocycles. The van der Waals surface area contributed by atoms with Crippen LogP contribution in [0.25, 0.3) is 16.7 Å². The first kappa shape index (κ1) is 36.9. The number of hydrogen-bond acceptors (Lipinski definition) is 3. The average molecular weight is 705 g/mol. The quantitative estimate of drug-likeness (QED) is 0.230. The monoisotopic (exact) mass is 704 g/mol. The molecule has 5 rings (SSSR count). The maximum atomic E-state index is 15.7. The van der Waals surface area contributed by atoms with E-state index in [4.69, 9.17) is 4.74 Å². The van der Waals surface area contributed by atoms with Crippen molar-refractivity contribution in [3.8, 4) is 11.1 Å². The van der Waals surface area contributed by atoms with Crippen molar-refractivity contribution >= 4 is 17.6 Å². The van der Waals surface area contributed by atoms with E-state index in [1.165, 1.54) is 48.0 Å². The van der Waals surface area contributed by atoms with E-state index in [2.05, 4.69) is 0 Å². The van der Waals surface area contributed by atoms with Crippen LogP contribution < -0.4 is 0 Å². The zero-order valence-corrected chi connectivity index (χ0v) is 28.7. The Hall–Kier alpha value is -4.35. The van der Waals surface area contributed by atoms with E-state index in [9.17, 15) is 35.9 Å². The number of amides is 2. The lowest BCUT2D eigenvalue weighted by Crippen LogP contribution is -2.35. The summed E-state index contributed by atoms with van der Waals surface area (Å²) in [5.41, 5.74) is -0.509. The number of halogens is 7. The summed E-state index contributed by atoms with van der Waals surface area (Å²) in [6, 6.07) is 9.94. The number of ether oxygens (including phenoxy) is 1. The largest absolute Gasteiger partial charge is 0.439 e. The summed E-state index contributed by atoms with van der Waals surface area (Å²) in [4.78, 5) is 28.6. The fraction of sp³-hybridized carbons (Fsp3) is 0.421. The van der Waals surface area contributed by atoms with Gasteiger partial charge < -0.3 is 9.64 Å². The van der Waals surface area contributed by atoms with Crippen molar-refractivity contribution in [2.24, 2.45) is 5.41 Å². The number of rotatable bonds is 7. The van der Waals surface area contributed by atoms with Crippen molar-refractivity contribution < 1.29 is 45.1 Å². The van der Waals surface area contributed by atoms with Gasteiger partial charge in [-0.15, -0.1) is 0 Å². The van der Waals surface area contributed by atoms with Crippen LogP contribution in [0, 0.1) is 18.2 Å². The lowest BCUT2D eigenvalue weighted by atomic mass is 9.72. The van der Waals surface area contributed by atoms with E-state index in [0.717, 1.165) is 24.3 Å². The van der Waals surface area contributed by atoms with Gasteiger partial charge in [0.25, 0.3) is 5.91 Å². The first-order valence-electron chi connectivity index (χ1n) is 16.3. The maximum Gasteiger partial charge on any atom is 0.417 e. The molecule has 1 aliphatic carbocycles. The minimum atomic E-state index is -4.81. The molecule has 0 N–H and O–H groups in total. The van der Waals surface area contributed by atoms with E-state index < -0.39 is 53.4 Å². The number of alkyl halides is 6. The van der Waals surface area contributed by atoms with Crippen LogP contribution in [0.15, 0.2) is 60.2 Å². The maximum absolute atomic E-state index is 15.7. The molecule has 1 aliphatic heterocycles. The molecule has 0 unspecified atom stereocenters. The molecule has 1 heterocycles. The Kier molecular flexibility index (Phi) is 9.90. The van der Waals surface area contributed by atoms with Gasteiger partial charge in [-0.05, 0) is 110 Å². The molecule has 268 valence electrons. The van der Waals surface area contributed by atoms with Crippen LogP contribution >= 0.6 is 0 Å². The molecule has 3 aromatic carbocycles. The van der Waals surface area contributed by atoms with Crippen LogP contribution in [-0.4, -0.2) is 48.0 Å². The third-order valence-corrected chi connectivity index (χ3v) is 9.67. The highest BCUT2D eigenvalue weighted by atomic mass is 19.4. The molecule has 0 radical (unpaired) electrons. The van der Waals surface area contributed by atoms with E-state index in [-0.39, 0.29) is 39.8 Å². The van der Waals surface area contributed by atoms with Crippen LogP contribution in [0.4, 0.5) is 35.5 Å². The first-order chi connectivity index (χ1) is 23.2. The molecule has 0 bridgehead atoms. The van der Waals surface area contributed by atoms with Gasteiger partial charge in [-0.25, -0.2) is 9.18 Å². The van der Waals surface area contributed by atoms with Crippen molar-refractivity contribution in [3.05, 3.63) is 99.4 Å². The van der Waals surface area contributed by atoms with Gasteiger partial charge in [0.05, 0.1) is 17.2 Å². The molecule has 5 nitrogen and oxygen atoms in total. The zero-order valence-electron chi connectivity index (χ0n) is 28.7. The fourth-order valence-corrected chi connectivity index (χ4v) is 6.85. The third kappa shape index (κ3) is 7.54. The average Bonchev–Trinajstić information content (AvgIpc) is 3.31. The molecule has 2 amide bonds. The Morgan fingerprint density at radius 2 is 1.68 bits per heavy atom. The molecule has 0 spiro atoms. The van der Waals surface area contributed by atoms with Gasteiger partial charge in [-0.2, -0.15) is 26.3 Å². The van der Waals surface area contributed by atoms with E-state index in [1.54, 1.807) is 19.9 Å². The molecular formula is C38H39F7N2O3. The highest BCUT2D eigenvalue weighted by molar-refractivity contribution is 5.95. The second-order valence-electron chi connectivity index (χ2n) is 14.0. The lowest BCUT2D eigenvalue weighted by molar-refractivity contribution is -0.138. The number of aryl methyl sites for hydroxylation is 1. The fourth-order valence-electron chi connectivity index (χ4n) is 6.85. The number of allylic oxidation sites excluding steroid dienone is 1. The summed E-state index contributed by atoms with van der Waals surface area (Å²) in [6.07, 6.45) is -9.69. The minimum absolute atomic E-state index is 0.00751. The Labute approximate surface area is 286 Å². The predicted octanol–water partition coefficient (Wildman–Crippen LogP) is 10.5. The molecule has 2 aliphatic rings. The van der Waals surface area contributed by atoms with Crippen LogP contribution in [-0.2, 0) is 17.1 Å². The van der Waals surface area contributed by atoms with Crippen molar-refractivity contribution in [2.45, 2.75) is 78.4 Å². The molecule has 50 heavy (non-hydrogen) atoms. The number of nitrogens with zero attached hydrogens (tertiary/aromatic N) is 2. The first-order valence-corrected chi connectivity index (χ1v) is 16.3. The van der Waals surface area contributed by atoms with Gasteiger partial charge >= 0.3 is 18.4 Å². The molecule has 2 atom stereocenters. The Bertz CT molecular complexity index is 1840. The summed E-state index contributed by atoms with van der Waals surface area (Å²) < 4.78 is 105. The van der Waals surface area contributed by atoms with Gasteiger partial charge in [-0.3, -0.25) is 9.69 Å². The van der Waals surface area contributed by atoms with Crippen LogP contribution in [0.1, 0.15) is 91.2 Å². The highest BCUT2D eigenvalue weighted by Gasteiger charge is 2.43. The number of benzene rings is 3. The second kappa shape index (κ2) is 13.4. The molecule has 1 fully saturated rings. The van der Waals surface area contributed by atoms with Crippen LogP contribution in [0.2, 0.25) is 0 Å². The molecule has 0 saturated carbocycles. The number of hydrogen-bond donors (Lipinski definition) is 0. The summed E-state index contributed by atoms with van der Waals surface area (Å²) in [5.74, 6) is -1.22. The zero-order chi connectivity index (χ0) is 36.9. The lowest BCUT2D eigenvalue weighted by Gasteiger charge is -2.35. The molecule has 12 heteroatoms. The number of carbonyl (C=O) groups is 2. The van der Waals surface area contributed by atoms with Crippen LogP contribution in [0.3, 0.4) is 0 Å².